The zero-order chi connectivity index (χ0) is 16.9. The molecule has 0 amide bonds. The van der Waals surface area contributed by atoms with Crippen LogP contribution in [0, 0.1) is 6.92 Å². The Balaban J connectivity index is 2.10. The highest BCUT2D eigenvalue weighted by molar-refractivity contribution is 7.56. The summed E-state index contributed by atoms with van der Waals surface area (Å²) in [5.74, 6) is 0.347. The Kier molecular flexibility index (Phi) is 5.08. The highest BCUT2D eigenvalue weighted by Crippen LogP contribution is 2.23. The van der Waals surface area contributed by atoms with Crippen molar-refractivity contribution in [3.63, 3.8) is 0 Å². The van der Waals surface area contributed by atoms with Crippen molar-refractivity contribution in [3.05, 3.63) is 89.5 Å². The molecule has 0 saturated carbocycles. The first-order valence-corrected chi connectivity index (χ1v) is 8.88. The summed E-state index contributed by atoms with van der Waals surface area (Å²) in [5, 5.41) is 12.3. The summed E-state index contributed by atoms with van der Waals surface area (Å²) in [6.07, 6.45) is 0. The topological polar surface area (TPSA) is 32.6 Å². The fourth-order valence-corrected chi connectivity index (χ4v) is 4.02. The van der Waals surface area contributed by atoms with E-state index >= 15 is 0 Å². The van der Waals surface area contributed by atoms with Crippen LogP contribution in [0.4, 0.5) is 0 Å². The van der Waals surface area contributed by atoms with Crippen LogP contribution in [-0.2, 0) is 0 Å². The van der Waals surface area contributed by atoms with Crippen LogP contribution in [0.2, 0.25) is 0 Å². The Morgan fingerprint density at radius 3 is 2.29 bits per heavy atom. The molecule has 2 nitrogen and oxygen atoms in total. The van der Waals surface area contributed by atoms with Gasteiger partial charge in [0.05, 0.1) is 5.71 Å². The molecule has 0 aliphatic carbocycles. The van der Waals surface area contributed by atoms with E-state index in [1.807, 2.05) is 43.4 Å². The number of aryl methyl sites for hydroxylation is 1. The van der Waals surface area contributed by atoms with Crippen LogP contribution >= 0.6 is 8.58 Å². The van der Waals surface area contributed by atoms with E-state index in [2.05, 4.69) is 42.2 Å². The Bertz CT molecular complexity index is 872. The Labute approximate surface area is 144 Å². The molecule has 1 unspecified atom stereocenters. The third kappa shape index (κ3) is 3.39. The molecule has 0 heterocycles. The van der Waals surface area contributed by atoms with Gasteiger partial charge in [0.15, 0.2) is 0 Å². The zero-order valence-corrected chi connectivity index (χ0v) is 14.8. The predicted octanol–water partition coefficient (Wildman–Crippen LogP) is 3.80. The van der Waals surface area contributed by atoms with Gasteiger partial charge in [-0.05, 0) is 23.9 Å². The van der Waals surface area contributed by atoms with Gasteiger partial charge < -0.3 is 5.11 Å². The van der Waals surface area contributed by atoms with Gasteiger partial charge in [-0.25, -0.2) is 0 Å². The molecule has 3 aromatic rings. The number of aliphatic imine (C=N–C) groups is 1. The lowest BCUT2D eigenvalue weighted by molar-refractivity contribution is 0.480. The van der Waals surface area contributed by atoms with Gasteiger partial charge in [-0.2, -0.15) is 0 Å². The zero-order valence-electron chi connectivity index (χ0n) is 13.8. The number of rotatable bonds is 4. The van der Waals surface area contributed by atoms with Crippen molar-refractivity contribution in [2.75, 3.05) is 7.05 Å². The molecule has 0 saturated heterocycles. The fourth-order valence-electron chi connectivity index (χ4n) is 2.75. The minimum atomic E-state index is 0.347. The van der Waals surface area contributed by atoms with Crippen LogP contribution in [0.15, 0.2) is 77.8 Å². The number of hydrogen-bond acceptors (Lipinski definition) is 2. The number of phenolic OH excluding ortho intramolecular Hbond substituents is 1. The molecule has 24 heavy (non-hydrogen) atoms. The predicted molar refractivity (Wildman–Crippen MR) is 105 cm³/mol. The second-order valence-corrected chi connectivity index (χ2v) is 6.87. The summed E-state index contributed by atoms with van der Waals surface area (Å²) in [5.41, 5.74) is 4.43. The normalized spacial score (nSPS) is 12.0. The Morgan fingerprint density at radius 2 is 1.58 bits per heavy atom. The van der Waals surface area contributed by atoms with Crippen molar-refractivity contribution in [3.8, 4) is 5.75 Å². The maximum atomic E-state index is 10.1. The molecule has 0 radical (unpaired) electrons. The molecule has 0 aromatic heterocycles. The summed E-state index contributed by atoms with van der Waals surface area (Å²) >= 11 is 0. The molecular weight excluding hydrogens is 313 g/mol. The second kappa shape index (κ2) is 7.42. The maximum Gasteiger partial charge on any atom is 0.123 e. The smallest absolute Gasteiger partial charge is 0.123 e. The molecule has 1 atom stereocenters. The van der Waals surface area contributed by atoms with Gasteiger partial charge in [0.25, 0.3) is 0 Å². The van der Waals surface area contributed by atoms with Gasteiger partial charge in [-0.3, -0.25) is 4.99 Å². The number of benzene rings is 3. The molecule has 0 spiro atoms. The van der Waals surface area contributed by atoms with Crippen molar-refractivity contribution in [1.82, 2.24) is 0 Å². The van der Waals surface area contributed by atoms with Crippen molar-refractivity contribution >= 4 is 24.9 Å². The van der Waals surface area contributed by atoms with E-state index in [0.717, 1.165) is 22.1 Å². The lowest BCUT2D eigenvalue weighted by Gasteiger charge is -2.15. The minimum absolute atomic E-state index is 0.347. The van der Waals surface area contributed by atoms with Gasteiger partial charge in [0.1, 0.15) is 5.75 Å². The highest BCUT2D eigenvalue weighted by atomic mass is 31.1. The molecule has 0 aliphatic heterocycles. The first-order valence-electron chi connectivity index (χ1n) is 7.88. The van der Waals surface area contributed by atoms with E-state index < -0.39 is 0 Å². The average molecular weight is 333 g/mol. The van der Waals surface area contributed by atoms with E-state index in [1.165, 1.54) is 10.9 Å². The maximum absolute atomic E-state index is 10.1. The van der Waals surface area contributed by atoms with E-state index in [4.69, 9.17) is 0 Å². The third-order valence-electron chi connectivity index (χ3n) is 3.96. The summed E-state index contributed by atoms with van der Waals surface area (Å²) in [7, 11) is 2.21. The fraction of sp³-hybridized carbons (Fsp3) is 0.0952. The van der Waals surface area contributed by atoms with Gasteiger partial charge in [-0.1, -0.05) is 75.3 Å². The monoisotopic (exact) mass is 333 g/mol. The van der Waals surface area contributed by atoms with Crippen LogP contribution in [0.5, 0.6) is 5.75 Å². The first-order chi connectivity index (χ1) is 11.7. The summed E-state index contributed by atoms with van der Waals surface area (Å²) < 4.78 is 0. The molecule has 3 heteroatoms. The van der Waals surface area contributed by atoms with E-state index in [-0.39, 0.29) is 0 Å². The first kappa shape index (κ1) is 16.4. The van der Waals surface area contributed by atoms with Crippen LogP contribution in [0.25, 0.3) is 0 Å². The number of hydrogen-bond donors (Lipinski definition) is 1. The lowest BCUT2D eigenvalue weighted by atomic mass is 10.0. The standard InChI is InChI=1S/C21H20NOP/c1-15-9-8-12-17(20(22-2)16-10-4-3-5-11-16)21(15)24-19-14-7-6-13-18(19)23/h3-14,23-24H,1-2H3. The summed E-state index contributed by atoms with van der Waals surface area (Å²) in [4.78, 5) is 4.55. The molecule has 3 rings (SSSR count). The van der Waals surface area contributed by atoms with Crippen molar-refractivity contribution < 1.29 is 5.11 Å². The third-order valence-corrected chi connectivity index (χ3v) is 5.57. The molecule has 120 valence electrons. The quantitative estimate of drug-likeness (QED) is 0.572. The SMILES string of the molecule is CN=C(c1ccccc1)c1cccc(C)c1Pc1ccccc1O. The van der Waals surface area contributed by atoms with Crippen molar-refractivity contribution in [2.24, 2.45) is 4.99 Å². The van der Waals surface area contributed by atoms with E-state index in [1.54, 1.807) is 6.07 Å². The van der Waals surface area contributed by atoms with Gasteiger partial charge in [0.2, 0.25) is 0 Å². The van der Waals surface area contributed by atoms with E-state index in [0.29, 0.717) is 14.3 Å². The minimum Gasteiger partial charge on any atom is -0.507 e. The Morgan fingerprint density at radius 1 is 0.875 bits per heavy atom. The molecule has 0 bridgehead atoms. The van der Waals surface area contributed by atoms with Gasteiger partial charge in [0, 0.05) is 23.5 Å². The number of nitrogens with zero attached hydrogens (tertiary/aromatic N) is 1. The lowest BCUT2D eigenvalue weighted by Crippen LogP contribution is -2.18. The highest BCUT2D eigenvalue weighted by Gasteiger charge is 2.14. The largest absolute Gasteiger partial charge is 0.507 e. The number of para-hydroxylation sites is 1. The van der Waals surface area contributed by atoms with Crippen LogP contribution in [0.1, 0.15) is 16.7 Å². The summed E-state index contributed by atoms with van der Waals surface area (Å²) in [6, 6.07) is 24.1. The molecule has 3 aromatic carbocycles. The average Bonchev–Trinajstić information content (AvgIpc) is 2.61. The molecule has 0 fully saturated rings. The number of phenols is 1. The summed E-state index contributed by atoms with van der Waals surface area (Å²) in [6.45, 7) is 2.12. The van der Waals surface area contributed by atoms with E-state index in [9.17, 15) is 5.11 Å². The molecular formula is C21H20NOP. The van der Waals surface area contributed by atoms with Crippen LogP contribution in [0.3, 0.4) is 0 Å². The molecule has 0 aliphatic rings. The van der Waals surface area contributed by atoms with Gasteiger partial charge >= 0.3 is 0 Å². The van der Waals surface area contributed by atoms with Crippen molar-refractivity contribution in [2.45, 2.75) is 6.92 Å². The van der Waals surface area contributed by atoms with Crippen LogP contribution < -0.4 is 10.6 Å². The molecule has 1 N–H and O–H groups in total. The van der Waals surface area contributed by atoms with Gasteiger partial charge in [-0.15, -0.1) is 0 Å². The second-order valence-electron chi connectivity index (χ2n) is 5.58. The Hall–Kier alpha value is -2.44. The van der Waals surface area contributed by atoms with Crippen molar-refractivity contribution in [1.29, 1.82) is 0 Å². The van der Waals surface area contributed by atoms with Crippen LogP contribution in [-0.4, -0.2) is 17.9 Å². The number of aromatic hydroxyl groups is 1.